The SMILES string of the molecule is COc1ccc([C@@](C#N)(CCCN(C)CCc2cccc(OC)c2OC)C(C)C)cc1OC. The van der Waals surface area contributed by atoms with Crippen molar-refractivity contribution in [2.24, 2.45) is 5.92 Å². The van der Waals surface area contributed by atoms with Gasteiger partial charge in [-0.3, -0.25) is 0 Å². The Morgan fingerprint density at radius 1 is 0.909 bits per heavy atom. The van der Waals surface area contributed by atoms with Crippen LogP contribution in [0.3, 0.4) is 0 Å². The highest BCUT2D eigenvalue weighted by molar-refractivity contribution is 5.48. The third kappa shape index (κ3) is 6.11. The molecule has 180 valence electrons. The highest BCUT2D eigenvalue weighted by Gasteiger charge is 2.36. The zero-order valence-corrected chi connectivity index (χ0v) is 21.1. The van der Waals surface area contributed by atoms with Crippen molar-refractivity contribution in [1.82, 2.24) is 4.90 Å². The van der Waals surface area contributed by atoms with E-state index in [1.54, 1.807) is 28.4 Å². The minimum absolute atomic E-state index is 0.159. The molecule has 6 heteroatoms. The highest BCUT2D eigenvalue weighted by atomic mass is 16.5. The molecule has 6 nitrogen and oxygen atoms in total. The lowest BCUT2D eigenvalue weighted by atomic mass is 9.69. The first kappa shape index (κ1) is 26.3. The predicted octanol–water partition coefficient (Wildman–Crippen LogP) is 5.09. The van der Waals surface area contributed by atoms with Crippen LogP contribution in [0.4, 0.5) is 0 Å². The second-order valence-corrected chi connectivity index (χ2v) is 8.62. The van der Waals surface area contributed by atoms with E-state index in [4.69, 9.17) is 18.9 Å². The van der Waals surface area contributed by atoms with E-state index in [9.17, 15) is 5.26 Å². The second kappa shape index (κ2) is 12.4. The molecule has 0 aromatic heterocycles. The maximum Gasteiger partial charge on any atom is 0.163 e. The van der Waals surface area contributed by atoms with Gasteiger partial charge < -0.3 is 23.8 Å². The van der Waals surface area contributed by atoms with E-state index in [0.717, 1.165) is 55.0 Å². The lowest BCUT2D eigenvalue weighted by Crippen LogP contribution is -2.32. The van der Waals surface area contributed by atoms with E-state index in [1.807, 2.05) is 30.3 Å². The standard InChI is InChI=1S/C27H38N2O4/c1-20(2)27(19-28,22-12-13-23(30-4)25(18-22)32-6)15-9-16-29(3)17-14-21-10-8-11-24(31-5)26(21)33-7/h8,10-13,18,20H,9,14-17H2,1-7H3/t27-/m1/s1. The average Bonchev–Trinajstić information content (AvgIpc) is 2.84. The van der Waals surface area contributed by atoms with Crippen molar-refractivity contribution >= 4 is 0 Å². The molecule has 1 atom stereocenters. The molecule has 2 aromatic carbocycles. The Morgan fingerprint density at radius 2 is 1.61 bits per heavy atom. The molecule has 33 heavy (non-hydrogen) atoms. The molecule has 0 fully saturated rings. The summed E-state index contributed by atoms with van der Waals surface area (Å²) in [6.07, 6.45) is 2.54. The highest BCUT2D eigenvalue weighted by Crippen LogP contribution is 2.40. The van der Waals surface area contributed by atoms with Crippen molar-refractivity contribution in [1.29, 1.82) is 5.26 Å². The molecule has 0 aliphatic rings. The Hall–Kier alpha value is -2.91. The molecule has 2 aromatic rings. The fourth-order valence-electron chi connectivity index (χ4n) is 4.33. The number of ether oxygens (including phenoxy) is 4. The number of nitriles is 1. The van der Waals surface area contributed by atoms with Crippen LogP contribution in [0.15, 0.2) is 36.4 Å². The number of hydrogen-bond donors (Lipinski definition) is 0. The van der Waals surface area contributed by atoms with Gasteiger partial charge in [-0.15, -0.1) is 0 Å². The maximum atomic E-state index is 10.3. The van der Waals surface area contributed by atoms with Gasteiger partial charge in [0.2, 0.25) is 0 Å². The van der Waals surface area contributed by atoms with E-state index >= 15 is 0 Å². The van der Waals surface area contributed by atoms with E-state index in [0.29, 0.717) is 11.5 Å². The third-order valence-corrected chi connectivity index (χ3v) is 6.44. The fourth-order valence-corrected chi connectivity index (χ4v) is 4.33. The Labute approximate surface area is 199 Å². The van der Waals surface area contributed by atoms with Gasteiger partial charge >= 0.3 is 0 Å². The third-order valence-electron chi connectivity index (χ3n) is 6.44. The van der Waals surface area contributed by atoms with Crippen LogP contribution in [-0.2, 0) is 11.8 Å². The van der Waals surface area contributed by atoms with Crippen molar-refractivity contribution in [3.8, 4) is 29.1 Å². The van der Waals surface area contributed by atoms with Crippen LogP contribution in [0.1, 0.15) is 37.8 Å². The summed E-state index contributed by atoms with van der Waals surface area (Å²) in [7, 11) is 8.69. The lowest BCUT2D eigenvalue weighted by molar-refractivity contribution is 0.291. The normalized spacial score (nSPS) is 12.8. The Kier molecular flexibility index (Phi) is 9.87. The van der Waals surface area contributed by atoms with Crippen molar-refractivity contribution in [3.05, 3.63) is 47.5 Å². The topological polar surface area (TPSA) is 64.0 Å². The summed E-state index contributed by atoms with van der Waals surface area (Å²) in [5.74, 6) is 3.03. The first-order chi connectivity index (χ1) is 15.9. The first-order valence-corrected chi connectivity index (χ1v) is 11.4. The smallest absolute Gasteiger partial charge is 0.163 e. The van der Waals surface area contributed by atoms with Crippen LogP contribution in [0, 0.1) is 17.2 Å². The monoisotopic (exact) mass is 454 g/mol. The number of para-hydroxylation sites is 1. The van der Waals surface area contributed by atoms with Crippen LogP contribution in [0.25, 0.3) is 0 Å². The van der Waals surface area contributed by atoms with Crippen molar-refractivity contribution in [2.45, 2.75) is 38.5 Å². The Balaban J connectivity index is 2.06. The van der Waals surface area contributed by atoms with Gasteiger partial charge in [0.1, 0.15) is 0 Å². The molecule has 0 aliphatic heterocycles. The lowest BCUT2D eigenvalue weighted by Gasteiger charge is -2.32. The molecule has 2 rings (SSSR count). The molecule has 0 saturated heterocycles. The second-order valence-electron chi connectivity index (χ2n) is 8.62. The molecule has 0 N–H and O–H groups in total. The molecule has 0 spiro atoms. The van der Waals surface area contributed by atoms with Crippen LogP contribution in [-0.4, -0.2) is 53.5 Å². The number of hydrogen-bond acceptors (Lipinski definition) is 6. The zero-order valence-electron chi connectivity index (χ0n) is 21.1. The molecule has 0 saturated carbocycles. The minimum Gasteiger partial charge on any atom is -0.493 e. The average molecular weight is 455 g/mol. The molecule has 0 amide bonds. The predicted molar refractivity (Wildman–Crippen MR) is 132 cm³/mol. The molecule has 0 heterocycles. The summed E-state index contributed by atoms with van der Waals surface area (Å²) in [5, 5.41) is 10.3. The van der Waals surface area contributed by atoms with Gasteiger partial charge in [-0.25, -0.2) is 0 Å². The van der Waals surface area contributed by atoms with E-state index in [-0.39, 0.29) is 5.92 Å². The summed E-state index contributed by atoms with van der Waals surface area (Å²) in [5.41, 5.74) is 1.51. The van der Waals surface area contributed by atoms with E-state index < -0.39 is 5.41 Å². The van der Waals surface area contributed by atoms with Gasteiger partial charge in [-0.2, -0.15) is 5.26 Å². The molecular weight excluding hydrogens is 416 g/mol. The fraction of sp³-hybridized carbons (Fsp3) is 0.519. The number of rotatable bonds is 13. The van der Waals surface area contributed by atoms with Gasteiger partial charge in [-0.1, -0.05) is 32.0 Å². The summed E-state index contributed by atoms with van der Waals surface area (Å²) >= 11 is 0. The van der Waals surface area contributed by atoms with Crippen molar-refractivity contribution in [2.75, 3.05) is 48.6 Å². The summed E-state index contributed by atoms with van der Waals surface area (Å²) < 4.78 is 21.8. The van der Waals surface area contributed by atoms with Crippen LogP contribution in [0.2, 0.25) is 0 Å². The number of likely N-dealkylation sites (N-methyl/N-ethyl adjacent to an activating group) is 1. The Bertz CT molecular complexity index is 938. The molecular formula is C27H38N2O4. The summed E-state index contributed by atoms with van der Waals surface area (Å²) in [6.45, 7) is 6.01. The van der Waals surface area contributed by atoms with Gasteiger partial charge in [0.05, 0.1) is 39.9 Å². The summed E-state index contributed by atoms with van der Waals surface area (Å²) in [6, 6.07) is 14.4. The van der Waals surface area contributed by atoms with E-state index in [2.05, 4.69) is 37.9 Å². The van der Waals surface area contributed by atoms with Crippen molar-refractivity contribution < 1.29 is 18.9 Å². The van der Waals surface area contributed by atoms with Crippen molar-refractivity contribution in [3.63, 3.8) is 0 Å². The number of methoxy groups -OCH3 is 4. The van der Waals surface area contributed by atoms with Gasteiger partial charge in [-0.05, 0) is 68.1 Å². The number of benzene rings is 2. The zero-order chi connectivity index (χ0) is 24.4. The number of nitrogens with zero attached hydrogens (tertiary/aromatic N) is 2. The van der Waals surface area contributed by atoms with Crippen LogP contribution < -0.4 is 18.9 Å². The minimum atomic E-state index is -0.587. The maximum absolute atomic E-state index is 10.3. The first-order valence-electron chi connectivity index (χ1n) is 11.4. The summed E-state index contributed by atoms with van der Waals surface area (Å²) in [4.78, 5) is 2.30. The van der Waals surface area contributed by atoms with E-state index in [1.165, 1.54) is 0 Å². The van der Waals surface area contributed by atoms with Gasteiger partial charge in [0.15, 0.2) is 23.0 Å². The van der Waals surface area contributed by atoms with Gasteiger partial charge in [0, 0.05) is 6.54 Å². The molecule has 0 unspecified atom stereocenters. The molecule has 0 aliphatic carbocycles. The quantitative estimate of drug-likeness (QED) is 0.420. The van der Waals surface area contributed by atoms with Crippen LogP contribution in [0.5, 0.6) is 23.0 Å². The molecule has 0 bridgehead atoms. The van der Waals surface area contributed by atoms with Gasteiger partial charge in [0.25, 0.3) is 0 Å². The van der Waals surface area contributed by atoms with Crippen LogP contribution >= 0.6 is 0 Å². The largest absolute Gasteiger partial charge is 0.493 e. The Morgan fingerprint density at radius 3 is 2.18 bits per heavy atom. The molecule has 0 radical (unpaired) electrons.